The van der Waals surface area contributed by atoms with Gasteiger partial charge in [0, 0.05) is 38.5 Å². The Morgan fingerprint density at radius 2 is 1.85 bits per heavy atom. The van der Waals surface area contributed by atoms with E-state index in [0.717, 1.165) is 5.56 Å². The zero-order chi connectivity index (χ0) is 19.9. The second kappa shape index (κ2) is 9.34. The lowest BCUT2D eigenvalue weighted by molar-refractivity contribution is 0.104. The van der Waals surface area contributed by atoms with Gasteiger partial charge in [-0.05, 0) is 42.3 Å². The summed E-state index contributed by atoms with van der Waals surface area (Å²) >= 11 is 0. The van der Waals surface area contributed by atoms with Gasteiger partial charge in [-0.3, -0.25) is 4.79 Å². The third kappa shape index (κ3) is 6.23. The highest BCUT2D eigenvalue weighted by Gasteiger charge is 2.13. The minimum Gasteiger partial charge on any atom is -0.497 e. The first-order valence-electron chi connectivity index (χ1n) is 8.43. The van der Waals surface area contributed by atoms with Crippen LogP contribution in [0, 0.1) is 0 Å². The Bertz CT molecular complexity index is 904. The molecule has 1 N–H and O–H groups in total. The lowest BCUT2D eigenvalue weighted by atomic mass is 10.1. The minimum absolute atomic E-state index is 0.0932. The number of hydrogen-bond donors (Lipinski definition) is 1. The summed E-state index contributed by atoms with van der Waals surface area (Å²) in [6, 6.07) is 13.4. The number of benzene rings is 2. The number of allylic oxidation sites excluding steroid dienone is 1. The number of methoxy groups -OCH3 is 1. The van der Waals surface area contributed by atoms with E-state index in [1.54, 1.807) is 41.4 Å². The van der Waals surface area contributed by atoms with Gasteiger partial charge in [-0.25, -0.2) is 13.1 Å². The summed E-state index contributed by atoms with van der Waals surface area (Å²) in [5, 5.41) is 0. The number of ether oxygens (including phenoxy) is 1. The average molecular weight is 388 g/mol. The number of nitrogens with zero attached hydrogens (tertiary/aromatic N) is 1. The number of sulfonamides is 1. The maximum absolute atomic E-state index is 12.3. The largest absolute Gasteiger partial charge is 0.497 e. The molecule has 6 nitrogen and oxygen atoms in total. The van der Waals surface area contributed by atoms with Crippen LogP contribution >= 0.6 is 0 Å². The van der Waals surface area contributed by atoms with Crippen LogP contribution in [-0.2, 0) is 16.4 Å². The molecule has 0 aliphatic rings. The van der Waals surface area contributed by atoms with Gasteiger partial charge in [-0.15, -0.1) is 0 Å². The van der Waals surface area contributed by atoms with Crippen LogP contribution in [0.15, 0.2) is 65.7 Å². The van der Waals surface area contributed by atoms with Crippen LogP contribution in [0.3, 0.4) is 0 Å². The maximum Gasteiger partial charge on any atom is 0.240 e. The van der Waals surface area contributed by atoms with Crippen molar-refractivity contribution in [2.75, 3.05) is 27.7 Å². The van der Waals surface area contributed by atoms with Crippen LogP contribution in [0.4, 0.5) is 0 Å². The summed E-state index contributed by atoms with van der Waals surface area (Å²) in [6.07, 6.45) is 3.68. The molecule has 0 saturated carbocycles. The van der Waals surface area contributed by atoms with Crippen molar-refractivity contribution in [3.05, 3.63) is 71.9 Å². The standard InChI is InChI=1S/C20H24N2O4S/c1-22(2)14-12-20(23)17-6-4-5-16(15-17)11-13-21-27(24,25)19-9-7-18(26-3)8-10-19/h4-10,12,14-15,21H,11,13H2,1-3H3. The van der Waals surface area contributed by atoms with Gasteiger partial charge in [0.1, 0.15) is 5.75 Å². The first kappa shape index (κ1) is 20.7. The average Bonchev–Trinajstić information content (AvgIpc) is 2.66. The second-order valence-corrected chi connectivity index (χ2v) is 7.93. The second-order valence-electron chi connectivity index (χ2n) is 6.17. The van der Waals surface area contributed by atoms with Crippen LogP contribution in [0.5, 0.6) is 5.75 Å². The third-order valence-corrected chi connectivity index (χ3v) is 5.29. The number of ketones is 1. The number of nitrogens with one attached hydrogen (secondary N) is 1. The molecule has 0 fully saturated rings. The molecular weight excluding hydrogens is 364 g/mol. The van der Waals surface area contributed by atoms with Gasteiger partial charge in [-0.2, -0.15) is 0 Å². The molecule has 2 rings (SSSR count). The molecular formula is C20H24N2O4S. The molecule has 0 aliphatic heterocycles. The normalized spacial score (nSPS) is 11.5. The highest BCUT2D eigenvalue weighted by Crippen LogP contribution is 2.15. The minimum atomic E-state index is -3.59. The summed E-state index contributed by atoms with van der Waals surface area (Å²) in [6.45, 7) is 0.236. The Labute approximate surface area is 160 Å². The van der Waals surface area contributed by atoms with Gasteiger partial charge in [-0.1, -0.05) is 18.2 Å². The lowest BCUT2D eigenvalue weighted by Gasteiger charge is -2.08. The van der Waals surface area contributed by atoms with Crippen molar-refractivity contribution in [3.63, 3.8) is 0 Å². The molecule has 0 saturated heterocycles. The predicted octanol–water partition coefficient (Wildman–Crippen LogP) is 2.47. The van der Waals surface area contributed by atoms with Gasteiger partial charge in [0.25, 0.3) is 0 Å². The van der Waals surface area contributed by atoms with E-state index in [4.69, 9.17) is 4.74 Å². The first-order chi connectivity index (χ1) is 12.8. The Hall–Kier alpha value is -2.64. The highest BCUT2D eigenvalue weighted by molar-refractivity contribution is 7.89. The molecule has 7 heteroatoms. The number of hydrogen-bond acceptors (Lipinski definition) is 5. The molecule has 0 unspecified atom stereocenters. The smallest absolute Gasteiger partial charge is 0.240 e. The molecule has 0 spiro atoms. The summed E-state index contributed by atoms with van der Waals surface area (Å²) in [4.78, 5) is 14.1. The highest BCUT2D eigenvalue weighted by atomic mass is 32.2. The van der Waals surface area contributed by atoms with Gasteiger partial charge < -0.3 is 9.64 Å². The van der Waals surface area contributed by atoms with E-state index in [2.05, 4.69) is 4.72 Å². The van der Waals surface area contributed by atoms with Crippen molar-refractivity contribution in [2.24, 2.45) is 0 Å². The molecule has 0 aromatic heterocycles. The fraction of sp³-hybridized carbons (Fsp3) is 0.250. The summed E-state index contributed by atoms with van der Waals surface area (Å²) in [5.74, 6) is 0.503. The molecule has 0 atom stereocenters. The zero-order valence-electron chi connectivity index (χ0n) is 15.7. The molecule has 0 heterocycles. The van der Waals surface area contributed by atoms with Crippen LogP contribution in [0.25, 0.3) is 0 Å². The fourth-order valence-electron chi connectivity index (χ4n) is 2.36. The van der Waals surface area contributed by atoms with E-state index in [0.29, 0.717) is 17.7 Å². The molecule has 0 amide bonds. The van der Waals surface area contributed by atoms with Crippen molar-refractivity contribution in [1.82, 2.24) is 9.62 Å². The fourth-order valence-corrected chi connectivity index (χ4v) is 3.39. The molecule has 27 heavy (non-hydrogen) atoms. The topological polar surface area (TPSA) is 75.7 Å². The quantitative estimate of drug-likeness (QED) is 0.528. The van der Waals surface area contributed by atoms with E-state index >= 15 is 0 Å². The van der Waals surface area contributed by atoms with Crippen LogP contribution < -0.4 is 9.46 Å². The van der Waals surface area contributed by atoms with E-state index in [1.165, 1.54) is 25.3 Å². The van der Waals surface area contributed by atoms with Crippen molar-refractivity contribution < 1.29 is 17.9 Å². The van der Waals surface area contributed by atoms with Crippen LogP contribution in [-0.4, -0.2) is 46.9 Å². The van der Waals surface area contributed by atoms with Crippen molar-refractivity contribution in [3.8, 4) is 5.75 Å². The summed E-state index contributed by atoms with van der Waals surface area (Å²) < 4.78 is 32.3. The number of carbonyl (C=O) groups excluding carboxylic acids is 1. The SMILES string of the molecule is COc1ccc(S(=O)(=O)NCCc2cccc(C(=O)C=CN(C)C)c2)cc1. The Balaban J connectivity index is 1.98. The van der Waals surface area contributed by atoms with Gasteiger partial charge in [0.05, 0.1) is 12.0 Å². The summed E-state index contributed by atoms with van der Waals surface area (Å²) in [7, 11) is 1.62. The molecule has 2 aromatic carbocycles. The van der Waals surface area contributed by atoms with Crippen molar-refractivity contribution in [1.29, 1.82) is 0 Å². The van der Waals surface area contributed by atoms with Crippen molar-refractivity contribution >= 4 is 15.8 Å². The van der Waals surface area contributed by atoms with Gasteiger partial charge in [0.15, 0.2) is 5.78 Å². The number of carbonyl (C=O) groups is 1. The van der Waals surface area contributed by atoms with E-state index < -0.39 is 10.0 Å². The van der Waals surface area contributed by atoms with E-state index in [9.17, 15) is 13.2 Å². The maximum atomic E-state index is 12.3. The molecule has 0 bridgehead atoms. The first-order valence-corrected chi connectivity index (χ1v) is 9.92. The molecule has 0 aliphatic carbocycles. The third-order valence-electron chi connectivity index (χ3n) is 3.81. The van der Waals surface area contributed by atoms with Crippen LogP contribution in [0.1, 0.15) is 15.9 Å². The predicted molar refractivity (Wildman–Crippen MR) is 105 cm³/mol. The zero-order valence-corrected chi connectivity index (χ0v) is 16.5. The Morgan fingerprint density at radius 1 is 1.15 bits per heavy atom. The summed E-state index contributed by atoms with van der Waals surface area (Å²) in [5.41, 5.74) is 1.46. The molecule has 144 valence electrons. The van der Waals surface area contributed by atoms with Gasteiger partial charge in [0.2, 0.25) is 10.0 Å². The Morgan fingerprint density at radius 3 is 2.48 bits per heavy atom. The molecule has 0 radical (unpaired) electrons. The van der Waals surface area contributed by atoms with E-state index in [-0.39, 0.29) is 17.2 Å². The van der Waals surface area contributed by atoms with Gasteiger partial charge >= 0.3 is 0 Å². The van der Waals surface area contributed by atoms with E-state index in [1.807, 2.05) is 20.2 Å². The Kier molecular flexibility index (Phi) is 7.15. The lowest BCUT2D eigenvalue weighted by Crippen LogP contribution is -2.26. The van der Waals surface area contributed by atoms with Crippen LogP contribution in [0.2, 0.25) is 0 Å². The molecule has 2 aromatic rings. The van der Waals surface area contributed by atoms with Crippen molar-refractivity contribution in [2.45, 2.75) is 11.3 Å². The monoisotopic (exact) mass is 388 g/mol. The number of rotatable bonds is 9.